The highest BCUT2D eigenvalue weighted by molar-refractivity contribution is 9.10. The highest BCUT2D eigenvalue weighted by Gasteiger charge is 2.24. The third-order valence-corrected chi connectivity index (χ3v) is 5.58. The van der Waals surface area contributed by atoms with Gasteiger partial charge in [-0.2, -0.15) is 9.78 Å². The molecule has 1 atom stereocenters. The van der Waals surface area contributed by atoms with Crippen LogP contribution >= 0.6 is 15.9 Å². The fourth-order valence-electron chi connectivity index (χ4n) is 3.28. The Labute approximate surface area is 206 Å². The van der Waals surface area contributed by atoms with Crippen molar-refractivity contribution in [1.82, 2.24) is 9.66 Å². The van der Waals surface area contributed by atoms with E-state index in [2.05, 4.69) is 26.0 Å². The number of fused-ring (bicyclic) bond motifs is 1. The molecule has 3 aromatic carbocycles. The second-order valence-corrected chi connectivity index (χ2v) is 8.24. The summed E-state index contributed by atoms with van der Waals surface area (Å²) in [5.41, 5.74) is 0.579. The lowest BCUT2D eigenvalue weighted by atomic mass is 10.2. The van der Waals surface area contributed by atoms with Crippen LogP contribution in [-0.2, 0) is 4.79 Å². The standard InChI is InChI=1S/C24H17BrN4O6/c1-14(24(31)32)35-21-18(25)11-15(12-20(21)29(33)34)13-26-28-22(16-7-3-2-4-8-16)27-19-10-6-5-9-17(19)23(28)30/h2-14H,1H3,(H,31,32)/t14-/m0/s1. The molecule has 0 aliphatic rings. The number of carboxylic acids is 1. The van der Waals surface area contributed by atoms with Crippen molar-refractivity contribution < 1.29 is 19.6 Å². The number of para-hydroxylation sites is 1. The maximum atomic E-state index is 13.2. The Morgan fingerprint density at radius 2 is 1.89 bits per heavy atom. The lowest BCUT2D eigenvalue weighted by molar-refractivity contribution is -0.386. The number of halogens is 1. The molecule has 0 radical (unpaired) electrons. The van der Waals surface area contributed by atoms with Crippen molar-refractivity contribution in [3.8, 4) is 17.1 Å². The number of nitrogens with zero attached hydrogens (tertiary/aromatic N) is 4. The Hall–Kier alpha value is -4.38. The molecule has 1 heterocycles. The van der Waals surface area contributed by atoms with E-state index < -0.39 is 28.2 Å². The van der Waals surface area contributed by atoms with Gasteiger partial charge in [0.2, 0.25) is 5.75 Å². The van der Waals surface area contributed by atoms with E-state index in [4.69, 9.17) is 9.84 Å². The first-order chi connectivity index (χ1) is 16.8. The number of hydrogen-bond acceptors (Lipinski definition) is 7. The van der Waals surface area contributed by atoms with Crippen LogP contribution in [0.3, 0.4) is 0 Å². The third-order valence-electron chi connectivity index (χ3n) is 4.99. The van der Waals surface area contributed by atoms with Crippen LogP contribution in [0.2, 0.25) is 0 Å². The molecule has 0 bridgehead atoms. The van der Waals surface area contributed by atoms with Crippen LogP contribution < -0.4 is 10.3 Å². The number of rotatable bonds is 7. The van der Waals surface area contributed by atoms with Gasteiger partial charge in [0.25, 0.3) is 5.56 Å². The SMILES string of the molecule is C[C@H](Oc1c(Br)cc(C=Nn2c(-c3ccccc3)nc3ccccc3c2=O)cc1[N+](=O)[O-])C(=O)O. The summed E-state index contributed by atoms with van der Waals surface area (Å²) in [5, 5.41) is 25.4. The summed E-state index contributed by atoms with van der Waals surface area (Å²) in [6.45, 7) is 1.26. The summed E-state index contributed by atoms with van der Waals surface area (Å²) in [6.07, 6.45) is -0.0212. The quantitative estimate of drug-likeness (QED) is 0.209. The average molecular weight is 537 g/mol. The van der Waals surface area contributed by atoms with Crippen molar-refractivity contribution in [2.45, 2.75) is 13.0 Å². The minimum atomic E-state index is -1.31. The summed E-state index contributed by atoms with van der Waals surface area (Å²) in [4.78, 5) is 39.9. The topological polar surface area (TPSA) is 137 Å². The number of ether oxygens (including phenoxy) is 1. The Kier molecular flexibility index (Phi) is 6.69. The Balaban J connectivity index is 1.84. The smallest absolute Gasteiger partial charge is 0.344 e. The van der Waals surface area contributed by atoms with Gasteiger partial charge in [0, 0.05) is 17.2 Å². The number of hydrogen-bond donors (Lipinski definition) is 1. The van der Waals surface area contributed by atoms with Gasteiger partial charge < -0.3 is 9.84 Å². The lowest BCUT2D eigenvalue weighted by Crippen LogP contribution is -2.23. The van der Waals surface area contributed by atoms with Crippen LogP contribution in [0, 0.1) is 10.1 Å². The zero-order chi connectivity index (χ0) is 25.1. The number of aliphatic carboxylic acids is 1. The van der Waals surface area contributed by atoms with Crippen molar-refractivity contribution in [2.24, 2.45) is 5.10 Å². The summed E-state index contributed by atoms with van der Waals surface area (Å²) in [7, 11) is 0. The molecular formula is C24H17BrN4O6. The van der Waals surface area contributed by atoms with Crippen LogP contribution in [0.25, 0.3) is 22.3 Å². The highest BCUT2D eigenvalue weighted by Crippen LogP contribution is 2.37. The maximum Gasteiger partial charge on any atom is 0.344 e. The van der Waals surface area contributed by atoms with Gasteiger partial charge in [0.1, 0.15) is 0 Å². The van der Waals surface area contributed by atoms with Crippen LogP contribution in [0.15, 0.2) is 81.1 Å². The molecule has 0 spiro atoms. The molecule has 0 aliphatic heterocycles. The second-order valence-electron chi connectivity index (χ2n) is 7.39. The molecular weight excluding hydrogens is 520 g/mol. The lowest BCUT2D eigenvalue weighted by Gasteiger charge is -2.13. The van der Waals surface area contributed by atoms with Gasteiger partial charge in [0.05, 0.1) is 26.5 Å². The molecule has 1 aromatic heterocycles. The van der Waals surface area contributed by atoms with E-state index in [0.717, 1.165) is 4.68 Å². The van der Waals surface area contributed by atoms with Gasteiger partial charge >= 0.3 is 11.7 Å². The number of nitro groups is 1. The van der Waals surface area contributed by atoms with Crippen molar-refractivity contribution in [3.05, 3.63) is 97.2 Å². The molecule has 0 aliphatic carbocycles. The molecule has 0 saturated heterocycles. The van der Waals surface area contributed by atoms with Gasteiger partial charge in [-0.25, -0.2) is 9.78 Å². The zero-order valence-electron chi connectivity index (χ0n) is 18.2. The first-order valence-electron chi connectivity index (χ1n) is 10.2. The molecule has 176 valence electrons. The van der Waals surface area contributed by atoms with Crippen LogP contribution in [0.1, 0.15) is 12.5 Å². The number of nitro benzene ring substituents is 1. The largest absolute Gasteiger partial charge is 0.479 e. The number of carboxylic acid groups (broad SMARTS) is 1. The van der Waals surface area contributed by atoms with E-state index in [-0.39, 0.29) is 15.8 Å². The van der Waals surface area contributed by atoms with E-state index in [1.807, 2.05) is 18.2 Å². The van der Waals surface area contributed by atoms with E-state index in [0.29, 0.717) is 22.3 Å². The van der Waals surface area contributed by atoms with Crippen molar-refractivity contribution in [2.75, 3.05) is 0 Å². The molecule has 4 aromatic rings. The van der Waals surface area contributed by atoms with Gasteiger partial charge in [-0.3, -0.25) is 14.9 Å². The predicted octanol–water partition coefficient (Wildman–Crippen LogP) is 4.47. The molecule has 11 heteroatoms. The Morgan fingerprint density at radius 1 is 1.20 bits per heavy atom. The molecule has 35 heavy (non-hydrogen) atoms. The molecule has 4 rings (SSSR count). The van der Waals surface area contributed by atoms with Crippen molar-refractivity contribution in [1.29, 1.82) is 0 Å². The predicted molar refractivity (Wildman–Crippen MR) is 133 cm³/mol. The molecule has 10 nitrogen and oxygen atoms in total. The van der Waals surface area contributed by atoms with Crippen LogP contribution in [-0.4, -0.2) is 38.0 Å². The summed E-state index contributed by atoms with van der Waals surface area (Å²) in [6, 6.07) is 18.6. The number of carbonyl (C=O) groups is 1. The highest BCUT2D eigenvalue weighted by atomic mass is 79.9. The van der Waals surface area contributed by atoms with Crippen molar-refractivity contribution >= 4 is 44.7 Å². The fraction of sp³-hybridized carbons (Fsp3) is 0.0833. The molecule has 0 saturated carbocycles. The summed E-state index contributed by atoms with van der Waals surface area (Å²) >= 11 is 3.20. The van der Waals surface area contributed by atoms with Crippen molar-refractivity contribution in [3.63, 3.8) is 0 Å². The monoisotopic (exact) mass is 536 g/mol. The van der Waals surface area contributed by atoms with Crippen LogP contribution in [0.4, 0.5) is 5.69 Å². The zero-order valence-corrected chi connectivity index (χ0v) is 19.7. The maximum absolute atomic E-state index is 13.2. The fourth-order valence-corrected chi connectivity index (χ4v) is 3.84. The second kappa shape index (κ2) is 9.85. The first kappa shape index (κ1) is 23.8. The van der Waals surface area contributed by atoms with E-state index in [1.54, 1.807) is 36.4 Å². The van der Waals surface area contributed by atoms with E-state index >= 15 is 0 Å². The van der Waals surface area contributed by atoms with Gasteiger partial charge in [-0.15, -0.1) is 0 Å². The molecule has 0 amide bonds. The summed E-state index contributed by atoms with van der Waals surface area (Å²) < 4.78 is 6.56. The molecule has 0 fully saturated rings. The Morgan fingerprint density at radius 3 is 2.57 bits per heavy atom. The molecule has 1 N–H and O–H groups in total. The van der Waals surface area contributed by atoms with Gasteiger partial charge in [-0.05, 0) is 41.1 Å². The number of benzene rings is 3. The normalized spacial score (nSPS) is 12.1. The first-order valence-corrected chi connectivity index (χ1v) is 11.0. The summed E-state index contributed by atoms with van der Waals surface area (Å²) in [5.74, 6) is -1.20. The van der Waals surface area contributed by atoms with Gasteiger partial charge in [0.15, 0.2) is 11.9 Å². The van der Waals surface area contributed by atoms with E-state index in [1.165, 1.54) is 25.3 Å². The van der Waals surface area contributed by atoms with Gasteiger partial charge in [-0.1, -0.05) is 42.5 Å². The molecule has 0 unspecified atom stereocenters. The van der Waals surface area contributed by atoms with Crippen LogP contribution in [0.5, 0.6) is 5.75 Å². The minimum Gasteiger partial charge on any atom is -0.479 e. The minimum absolute atomic E-state index is 0.161. The number of aromatic nitrogens is 2. The third kappa shape index (κ3) is 4.94. The Bertz CT molecular complexity index is 1530. The average Bonchev–Trinajstić information content (AvgIpc) is 2.85. The van der Waals surface area contributed by atoms with E-state index in [9.17, 15) is 19.7 Å².